The van der Waals surface area contributed by atoms with E-state index in [1.165, 1.54) is 16.0 Å². The van der Waals surface area contributed by atoms with Gasteiger partial charge in [0.1, 0.15) is 0 Å². The lowest BCUT2D eigenvalue weighted by Gasteiger charge is -2.14. The van der Waals surface area contributed by atoms with E-state index in [9.17, 15) is 18.0 Å². The second-order valence-corrected chi connectivity index (χ2v) is 6.03. The van der Waals surface area contributed by atoms with Gasteiger partial charge in [-0.15, -0.1) is 0 Å². The first-order valence-electron chi connectivity index (χ1n) is 7.75. The summed E-state index contributed by atoms with van der Waals surface area (Å²) in [5, 5.41) is 4.16. The van der Waals surface area contributed by atoms with Gasteiger partial charge in [0.15, 0.2) is 6.73 Å². The Kier molecular flexibility index (Phi) is 4.62. The molecule has 0 aliphatic carbocycles. The molecule has 1 amide bonds. The molecule has 6 nitrogen and oxygen atoms in total. The number of ether oxygens (including phenoxy) is 1. The zero-order valence-electron chi connectivity index (χ0n) is 14.2. The molecule has 0 fully saturated rings. The molecular weight excluding hydrogens is 349 g/mol. The number of rotatable bonds is 4. The second kappa shape index (κ2) is 6.74. The normalized spacial score (nSPS) is 14.2. The number of aromatic nitrogens is 2. The SMILES string of the molecule is CN(C)C(=O)c1cnn(Cc2ccc(N3C=C(C(F)(F)F)OC3)cc2)c1. The molecule has 26 heavy (non-hydrogen) atoms. The first kappa shape index (κ1) is 17.8. The van der Waals surface area contributed by atoms with Gasteiger partial charge in [-0.05, 0) is 17.7 Å². The quantitative estimate of drug-likeness (QED) is 0.835. The van der Waals surface area contributed by atoms with Crippen LogP contribution in [-0.2, 0) is 11.3 Å². The fraction of sp³-hybridized carbons (Fsp3) is 0.294. The summed E-state index contributed by atoms with van der Waals surface area (Å²) in [5.74, 6) is -1.14. The first-order valence-corrected chi connectivity index (χ1v) is 7.75. The molecule has 0 saturated carbocycles. The number of hydrogen-bond donors (Lipinski definition) is 0. The van der Waals surface area contributed by atoms with Crippen molar-refractivity contribution in [3.8, 4) is 0 Å². The van der Waals surface area contributed by atoms with E-state index in [4.69, 9.17) is 0 Å². The van der Waals surface area contributed by atoms with E-state index in [0.717, 1.165) is 11.8 Å². The molecule has 3 rings (SSSR count). The van der Waals surface area contributed by atoms with Crippen LogP contribution in [0.1, 0.15) is 15.9 Å². The zero-order chi connectivity index (χ0) is 18.9. The third-order valence-electron chi connectivity index (χ3n) is 3.81. The molecule has 2 aromatic rings. The summed E-state index contributed by atoms with van der Waals surface area (Å²) >= 11 is 0. The molecule has 0 N–H and O–H groups in total. The topological polar surface area (TPSA) is 50.6 Å². The van der Waals surface area contributed by atoms with Crippen molar-refractivity contribution in [1.82, 2.24) is 14.7 Å². The number of allylic oxidation sites excluding steroid dienone is 1. The van der Waals surface area contributed by atoms with Crippen molar-refractivity contribution >= 4 is 11.6 Å². The molecule has 1 aliphatic heterocycles. The van der Waals surface area contributed by atoms with Crippen molar-refractivity contribution in [2.24, 2.45) is 0 Å². The van der Waals surface area contributed by atoms with Crippen LogP contribution in [0.5, 0.6) is 0 Å². The number of amides is 1. The predicted molar refractivity (Wildman–Crippen MR) is 88.4 cm³/mol. The van der Waals surface area contributed by atoms with Gasteiger partial charge in [0.25, 0.3) is 5.91 Å². The maximum Gasteiger partial charge on any atom is 0.450 e. The number of hydrogen-bond acceptors (Lipinski definition) is 4. The molecule has 0 bridgehead atoms. The minimum atomic E-state index is -4.49. The van der Waals surface area contributed by atoms with Crippen molar-refractivity contribution in [2.75, 3.05) is 25.7 Å². The average Bonchev–Trinajstić information content (AvgIpc) is 3.24. The Morgan fingerprint density at radius 2 is 1.96 bits per heavy atom. The predicted octanol–water partition coefficient (Wildman–Crippen LogP) is 2.83. The highest BCUT2D eigenvalue weighted by Gasteiger charge is 2.39. The maximum atomic E-state index is 12.6. The molecule has 0 radical (unpaired) electrons. The lowest BCUT2D eigenvalue weighted by atomic mass is 10.2. The molecule has 1 aromatic heterocycles. The summed E-state index contributed by atoms with van der Waals surface area (Å²) in [4.78, 5) is 14.7. The van der Waals surface area contributed by atoms with E-state index in [-0.39, 0.29) is 12.6 Å². The van der Waals surface area contributed by atoms with Crippen LogP contribution in [0, 0.1) is 0 Å². The molecule has 138 valence electrons. The molecule has 0 saturated heterocycles. The van der Waals surface area contributed by atoms with Crippen molar-refractivity contribution in [2.45, 2.75) is 12.7 Å². The minimum Gasteiger partial charge on any atom is -0.466 e. The van der Waals surface area contributed by atoms with Gasteiger partial charge in [-0.3, -0.25) is 9.48 Å². The summed E-state index contributed by atoms with van der Waals surface area (Å²) < 4.78 is 44.1. The Bertz CT molecular complexity index is 825. The molecule has 0 spiro atoms. The van der Waals surface area contributed by atoms with E-state index < -0.39 is 11.9 Å². The van der Waals surface area contributed by atoms with Gasteiger partial charge in [0.05, 0.1) is 24.5 Å². The minimum absolute atomic E-state index is 0.132. The van der Waals surface area contributed by atoms with Gasteiger partial charge >= 0.3 is 6.18 Å². The Hall–Kier alpha value is -2.97. The summed E-state index contributed by atoms with van der Waals surface area (Å²) in [6.07, 6.45) is -0.386. The van der Waals surface area contributed by atoms with Crippen molar-refractivity contribution in [3.05, 3.63) is 59.7 Å². The molecule has 2 heterocycles. The Labute approximate surface area is 148 Å². The summed E-state index contributed by atoms with van der Waals surface area (Å²) in [7, 11) is 3.33. The average molecular weight is 366 g/mol. The van der Waals surface area contributed by atoms with Gasteiger partial charge in [-0.25, -0.2) is 0 Å². The fourth-order valence-electron chi connectivity index (χ4n) is 2.46. The monoisotopic (exact) mass is 366 g/mol. The van der Waals surface area contributed by atoms with Gasteiger partial charge in [0.2, 0.25) is 5.76 Å². The van der Waals surface area contributed by atoms with Crippen LogP contribution in [0.2, 0.25) is 0 Å². The standard InChI is InChI=1S/C17H17F3N4O2/c1-22(2)16(25)13-7-21-24(9-13)8-12-3-5-14(6-4-12)23-10-15(26-11-23)17(18,19)20/h3-7,9-10H,8,11H2,1-2H3. The molecule has 1 aliphatic rings. The smallest absolute Gasteiger partial charge is 0.450 e. The Morgan fingerprint density at radius 1 is 1.27 bits per heavy atom. The number of anilines is 1. The lowest BCUT2D eigenvalue weighted by Crippen LogP contribution is -2.21. The van der Waals surface area contributed by atoms with Crippen molar-refractivity contribution < 1.29 is 22.7 Å². The highest BCUT2D eigenvalue weighted by Crippen LogP contribution is 2.32. The van der Waals surface area contributed by atoms with Crippen molar-refractivity contribution in [3.63, 3.8) is 0 Å². The van der Waals surface area contributed by atoms with E-state index in [1.807, 2.05) is 0 Å². The van der Waals surface area contributed by atoms with E-state index >= 15 is 0 Å². The number of alkyl halides is 3. The van der Waals surface area contributed by atoms with Crippen LogP contribution in [0.25, 0.3) is 0 Å². The van der Waals surface area contributed by atoms with E-state index in [2.05, 4.69) is 9.84 Å². The van der Waals surface area contributed by atoms with Crippen LogP contribution in [0.4, 0.5) is 18.9 Å². The molecule has 9 heteroatoms. The van der Waals surface area contributed by atoms with Crippen LogP contribution in [0.15, 0.2) is 48.6 Å². The highest BCUT2D eigenvalue weighted by molar-refractivity contribution is 5.93. The number of carbonyl (C=O) groups is 1. The third kappa shape index (κ3) is 3.81. The largest absolute Gasteiger partial charge is 0.466 e. The third-order valence-corrected chi connectivity index (χ3v) is 3.81. The molecule has 0 atom stereocenters. The molecule has 1 aromatic carbocycles. The fourth-order valence-corrected chi connectivity index (χ4v) is 2.46. The van der Waals surface area contributed by atoms with Crippen LogP contribution in [-0.4, -0.2) is 47.6 Å². The van der Waals surface area contributed by atoms with Gasteiger partial charge in [0, 0.05) is 26.0 Å². The van der Waals surface area contributed by atoms with Crippen molar-refractivity contribution in [1.29, 1.82) is 0 Å². The summed E-state index contributed by atoms with van der Waals surface area (Å²) in [6, 6.07) is 7.02. The number of benzene rings is 1. The molecular formula is C17H17F3N4O2. The number of nitrogens with zero attached hydrogens (tertiary/aromatic N) is 4. The Morgan fingerprint density at radius 3 is 2.54 bits per heavy atom. The maximum absolute atomic E-state index is 12.6. The molecule has 0 unspecified atom stereocenters. The van der Waals surface area contributed by atoms with Crippen LogP contribution in [0.3, 0.4) is 0 Å². The highest BCUT2D eigenvalue weighted by atomic mass is 19.4. The van der Waals surface area contributed by atoms with Gasteiger partial charge < -0.3 is 14.5 Å². The van der Waals surface area contributed by atoms with E-state index in [1.54, 1.807) is 49.2 Å². The van der Waals surface area contributed by atoms with Crippen LogP contribution < -0.4 is 4.90 Å². The summed E-state index contributed by atoms with van der Waals surface area (Å²) in [5.41, 5.74) is 1.99. The second-order valence-electron chi connectivity index (χ2n) is 6.03. The number of halogens is 3. The Balaban J connectivity index is 1.67. The summed E-state index contributed by atoms with van der Waals surface area (Å²) in [6.45, 7) is 0.268. The van der Waals surface area contributed by atoms with Gasteiger partial charge in [-0.2, -0.15) is 18.3 Å². The first-order chi connectivity index (χ1) is 12.2. The number of carbonyl (C=O) groups excluding carboxylic acids is 1. The van der Waals surface area contributed by atoms with E-state index in [0.29, 0.717) is 17.8 Å². The zero-order valence-corrected chi connectivity index (χ0v) is 14.2. The van der Waals surface area contributed by atoms with Crippen LogP contribution >= 0.6 is 0 Å². The van der Waals surface area contributed by atoms with Gasteiger partial charge in [-0.1, -0.05) is 12.1 Å². The lowest BCUT2D eigenvalue weighted by molar-refractivity contribution is -0.126.